The van der Waals surface area contributed by atoms with Gasteiger partial charge in [-0.3, -0.25) is 9.78 Å². The van der Waals surface area contributed by atoms with Crippen LogP contribution in [0.25, 0.3) is 0 Å². The van der Waals surface area contributed by atoms with Gasteiger partial charge in [0.1, 0.15) is 5.75 Å². The summed E-state index contributed by atoms with van der Waals surface area (Å²) in [6.45, 7) is 5.26. The highest BCUT2D eigenvalue weighted by Crippen LogP contribution is 2.27. The molecule has 0 saturated carbocycles. The van der Waals surface area contributed by atoms with Gasteiger partial charge in [-0.25, -0.2) is 0 Å². The van der Waals surface area contributed by atoms with Crippen LogP contribution in [-0.4, -0.2) is 36.0 Å². The standard InChI is InChI=1S/C19H23ClN2O2/c1-4-22(10-7-15-5-8-21-9-6-15)19(23)13-16-12-17(20)14(2)11-18(16)24-3/h5-6,8-9,11-12H,4,7,10,13H2,1-3H3. The molecule has 0 radical (unpaired) electrons. The molecule has 2 aromatic rings. The molecule has 0 saturated heterocycles. The predicted molar refractivity (Wildman–Crippen MR) is 96.6 cm³/mol. The molecule has 0 bridgehead atoms. The molecular weight excluding hydrogens is 324 g/mol. The monoisotopic (exact) mass is 346 g/mol. The van der Waals surface area contributed by atoms with E-state index < -0.39 is 0 Å². The van der Waals surface area contributed by atoms with Gasteiger partial charge >= 0.3 is 0 Å². The molecule has 0 atom stereocenters. The number of amides is 1. The largest absolute Gasteiger partial charge is 0.496 e. The van der Waals surface area contributed by atoms with Crippen LogP contribution in [0, 0.1) is 6.92 Å². The minimum Gasteiger partial charge on any atom is -0.496 e. The average Bonchev–Trinajstić information content (AvgIpc) is 2.59. The van der Waals surface area contributed by atoms with Crippen LogP contribution >= 0.6 is 11.6 Å². The lowest BCUT2D eigenvalue weighted by Gasteiger charge is -2.22. The summed E-state index contributed by atoms with van der Waals surface area (Å²) in [4.78, 5) is 18.5. The maximum atomic E-state index is 12.6. The fourth-order valence-corrected chi connectivity index (χ4v) is 2.76. The molecule has 4 nitrogen and oxygen atoms in total. The molecule has 0 fully saturated rings. The van der Waals surface area contributed by atoms with E-state index in [4.69, 9.17) is 16.3 Å². The Hall–Kier alpha value is -2.07. The van der Waals surface area contributed by atoms with Crippen molar-refractivity contribution < 1.29 is 9.53 Å². The van der Waals surface area contributed by atoms with Gasteiger partial charge in [0.2, 0.25) is 5.91 Å². The van der Waals surface area contributed by atoms with Crippen molar-refractivity contribution in [2.24, 2.45) is 0 Å². The first-order valence-electron chi connectivity index (χ1n) is 8.04. The highest BCUT2D eigenvalue weighted by molar-refractivity contribution is 6.31. The smallest absolute Gasteiger partial charge is 0.227 e. The van der Waals surface area contributed by atoms with Gasteiger partial charge in [0, 0.05) is 36.1 Å². The molecular formula is C19H23ClN2O2. The van der Waals surface area contributed by atoms with Crippen molar-refractivity contribution in [3.05, 3.63) is 58.4 Å². The Morgan fingerprint density at radius 1 is 1.29 bits per heavy atom. The molecule has 5 heteroatoms. The van der Waals surface area contributed by atoms with E-state index in [1.165, 1.54) is 5.56 Å². The van der Waals surface area contributed by atoms with Gasteiger partial charge in [-0.2, -0.15) is 0 Å². The van der Waals surface area contributed by atoms with Gasteiger partial charge in [0.25, 0.3) is 0 Å². The molecule has 0 aliphatic rings. The normalized spacial score (nSPS) is 10.5. The SMILES string of the molecule is CCN(CCc1ccncc1)C(=O)Cc1cc(Cl)c(C)cc1OC. The number of likely N-dealkylation sites (N-methyl/N-ethyl adjacent to an activating group) is 1. The van der Waals surface area contributed by atoms with Gasteiger partial charge in [-0.15, -0.1) is 0 Å². The van der Waals surface area contributed by atoms with Gasteiger partial charge in [0.15, 0.2) is 0 Å². The number of ether oxygens (including phenoxy) is 1. The molecule has 0 aliphatic carbocycles. The molecule has 0 unspecified atom stereocenters. The number of carbonyl (C=O) groups is 1. The Labute approximate surface area is 148 Å². The molecule has 1 aromatic heterocycles. The Morgan fingerprint density at radius 2 is 2.00 bits per heavy atom. The summed E-state index contributed by atoms with van der Waals surface area (Å²) in [6, 6.07) is 7.64. The van der Waals surface area contributed by atoms with E-state index in [2.05, 4.69) is 4.98 Å². The second kappa shape index (κ2) is 8.69. The second-order valence-electron chi connectivity index (χ2n) is 5.67. The number of aromatic nitrogens is 1. The fraction of sp³-hybridized carbons (Fsp3) is 0.368. The number of hydrogen-bond acceptors (Lipinski definition) is 3. The molecule has 1 heterocycles. The number of benzene rings is 1. The highest BCUT2D eigenvalue weighted by Gasteiger charge is 2.16. The zero-order valence-corrected chi connectivity index (χ0v) is 15.1. The van der Waals surface area contributed by atoms with Gasteiger partial charge in [-0.05, 0) is 55.7 Å². The van der Waals surface area contributed by atoms with Crippen LogP contribution in [0.1, 0.15) is 23.6 Å². The number of carbonyl (C=O) groups excluding carboxylic acids is 1. The van der Waals surface area contributed by atoms with E-state index in [1.807, 2.05) is 43.0 Å². The van der Waals surface area contributed by atoms with Crippen LogP contribution in [0.4, 0.5) is 0 Å². The number of hydrogen-bond donors (Lipinski definition) is 0. The zero-order valence-electron chi connectivity index (χ0n) is 14.4. The lowest BCUT2D eigenvalue weighted by atomic mass is 10.1. The van der Waals surface area contributed by atoms with Crippen molar-refractivity contribution >= 4 is 17.5 Å². The summed E-state index contributed by atoms with van der Waals surface area (Å²) < 4.78 is 5.39. The van der Waals surface area contributed by atoms with E-state index >= 15 is 0 Å². The molecule has 0 N–H and O–H groups in total. The van der Waals surface area contributed by atoms with Crippen LogP contribution in [0.15, 0.2) is 36.7 Å². The highest BCUT2D eigenvalue weighted by atomic mass is 35.5. The van der Waals surface area contributed by atoms with Crippen molar-refractivity contribution in [1.82, 2.24) is 9.88 Å². The maximum Gasteiger partial charge on any atom is 0.227 e. The summed E-state index contributed by atoms with van der Waals surface area (Å²) in [6.07, 6.45) is 4.64. The zero-order chi connectivity index (χ0) is 17.5. The Morgan fingerprint density at radius 3 is 2.62 bits per heavy atom. The van der Waals surface area contributed by atoms with Crippen LogP contribution in [0.2, 0.25) is 5.02 Å². The summed E-state index contributed by atoms with van der Waals surface area (Å²) in [5.74, 6) is 0.778. The van der Waals surface area contributed by atoms with E-state index in [-0.39, 0.29) is 12.3 Å². The summed E-state index contributed by atoms with van der Waals surface area (Å²) in [7, 11) is 1.61. The third kappa shape index (κ3) is 4.71. The third-order valence-electron chi connectivity index (χ3n) is 4.06. The minimum absolute atomic E-state index is 0.0739. The number of rotatable bonds is 7. The molecule has 2 rings (SSSR count). The number of nitrogens with zero attached hydrogens (tertiary/aromatic N) is 2. The summed E-state index contributed by atoms with van der Waals surface area (Å²) >= 11 is 6.19. The van der Waals surface area contributed by atoms with Crippen LogP contribution in [-0.2, 0) is 17.6 Å². The first kappa shape index (κ1) is 18.3. The van der Waals surface area contributed by atoms with Crippen molar-refractivity contribution in [3.8, 4) is 5.75 Å². The minimum atomic E-state index is 0.0739. The molecule has 1 amide bonds. The van der Waals surface area contributed by atoms with Crippen LogP contribution in [0.5, 0.6) is 5.75 Å². The van der Waals surface area contributed by atoms with E-state index in [0.29, 0.717) is 23.9 Å². The average molecular weight is 347 g/mol. The summed E-state index contributed by atoms with van der Waals surface area (Å²) in [5, 5.41) is 0.651. The molecule has 128 valence electrons. The Kier molecular flexibility index (Phi) is 6.62. The quantitative estimate of drug-likeness (QED) is 0.768. The summed E-state index contributed by atoms with van der Waals surface area (Å²) in [5.41, 5.74) is 2.93. The molecule has 1 aromatic carbocycles. The number of methoxy groups -OCH3 is 1. The second-order valence-corrected chi connectivity index (χ2v) is 6.08. The fourth-order valence-electron chi connectivity index (χ4n) is 2.57. The van der Waals surface area contributed by atoms with Gasteiger partial charge in [0.05, 0.1) is 13.5 Å². The molecule has 24 heavy (non-hydrogen) atoms. The third-order valence-corrected chi connectivity index (χ3v) is 4.46. The maximum absolute atomic E-state index is 12.6. The number of aryl methyl sites for hydroxylation is 1. The Bertz CT molecular complexity index is 689. The van der Waals surface area contributed by atoms with Crippen LogP contribution < -0.4 is 4.74 Å². The topological polar surface area (TPSA) is 42.4 Å². The molecule has 0 aliphatic heterocycles. The van der Waals surface area contributed by atoms with Crippen molar-refractivity contribution in [3.63, 3.8) is 0 Å². The van der Waals surface area contributed by atoms with Crippen molar-refractivity contribution in [1.29, 1.82) is 0 Å². The van der Waals surface area contributed by atoms with Gasteiger partial charge in [-0.1, -0.05) is 11.6 Å². The first-order valence-corrected chi connectivity index (χ1v) is 8.42. The van der Waals surface area contributed by atoms with E-state index in [9.17, 15) is 4.79 Å². The number of pyridine rings is 1. The van der Waals surface area contributed by atoms with Gasteiger partial charge < -0.3 is 9.64 Å². The lowest BCUT2D eigenvalue weighted by Crippen LogP contribution is -2.34. The van der Waals surface area contributed by atoms with E-state index in [0.717, 1.165) is 17.5 Å². The molecule has 0 spiro atoms. The van der Waals surface area contributed by atoms with Crippen molar-refractivity contribution in [2.45, 2.75) is 26.7 Å². The Balaban J connectivity index is 2.05. The van der Waals surface area contributed by atoms with Crippen LogP contribution in [0.3, 0.4) is 0 Å². The number of halogens is 1. The van der Waals surface area contributed by atoms with E-state index in [1.54, 1.807) is 19.5 Å². The van der Waals surface area contributed by atoms with Crippen molar-refractivity contribution in [2.75, 3.05) is 20.2 Å². The predicted octanol–water partition coefficient (Wildman–Crippen LogP) is 3.69. The lowest BCUT2D eigenvalue weighted by molar-refractivity contribution is -0.130. The first-order chi connectivity index (χ1) is 11.5.